The van der Waals surface area contributed by atoms with E-state index >= 15 is 0 Å². The second-order valence-corrected chi connectivity index (χ2v) is 7.90. The molecule has 13 heteroatoms. The Hall–Kier alpha value is -2.66. The van der Waals surface area contributed by atoms with Crippen LogP contribution in [0.5, 0.6) is 0 Å². The molecule has 0 saturated carbocycles. The molecular weight excluding hydrogens is 460 g/mol. The zero-order chi connectivity index (χ0) is 22.5. The van der Waals surface area contributed by atoms with Gasteiger partial charge in [0.05, 0.1) is 16.1 Å². The molecular formula is C18H15Cl2F3N6O2. The number of halogens is 5. The van der Waals surface area contributed by atoms with Gasteiger partial charge in [-0.25, -0.2) is 15.0 Å². The largest absolute Gasteiger partial charge is 0.419 e. The van der Waals surface area contributed by atoms with Gasteiger partial charge in [0, 0.05) is 38.6 Å². The maximum absolute atomic E-state index is 12.8. The molecule has 4 heterocycles. The molecule has 1 fully saturated rings. The Labute approximate surface area is 182 Å². The number of hydrogen-bond acceptors (Lipinski definition) is 6. The minimum atomic E-state index is -4.51. The number of aromatic nitrogens is 5. The second kappa shape index (κ2) is 7.79. The number of hydrogen-bond donors (Lipinski definition) is 0. The van der Waals surface area contributed by atoms with Crippen LogP contribution < -0.4 is 16.0 Å². The van der Waals surface area contributed by atoms with Gasteiger partial charge in [-0.3, -0.25) is 14.2 Å². The molecule has 31 heavy (non-hydrogen) atoms. The van der Waals surface area contributed by atoms with E-state index in [0.29, 0.717) is 31.4 Å². The van der Waals surface area contributed by atoms with E-state index in [1.54, 1.807) is 4.90 Å². The molecule has 8 nitrogen and oxygen atoms in total. The Morgan fingerprint density at radius 1 is 1.06 bits per heavy atom. The summed E-state index contributed by atoms with van der Waals surface area (Å²) in [5.41, 5.74) is -1.77. The lowest BCUT2D eigenvalue weighted by Gasteiger charge is -2.33. The lowest BCUT2D eigenvalue weighted by Crippen LogP contribution is -2.45. The lowest BCUT2D eigenvalue weighted by atomic mass is 10.0. The van der Waals surface area contributed by atoms with Crippen LogP contribution in [0, 0.1) is 0 Å². The highest BCUT2D eigenvalue weighted by atomic mass is 35.5. The van der Waals surface area contributed by atoms with Crippen molar-refractivity contribution in [3.05, 3.63) is 54.9 Å². The number of nitrogens with zero attached hydrogens (tertiary/aromatic N) is 6. The van der Waals surface area contributed by atoms with Gasteiger partial charge in [0.1, 0.15) is 5.15 Å². The number of piperidine rings is 1. The fraction of sp³-hybridized carbons (Fsp3) is 0.389. The number of fused-ring (bicyclic) bond motifs is 1. The zero-order valence-electron chi connectivity index (χ0n) is 16.0. The van der Waals surface area contributed by atoms with Crippen molar-refractivity contribution in [2.24, 2.45) is 7.05 Å². The van der Waals surface area contributed by atoms with E-state index in [9.17, 15) is 22.8 Å². The van der Waals surface area contributed by atoms with Gasteiger partial charge in [0.25, 0.3) is 0 Å². The van der Waals surface area contributed by atoms with E-state index in [1.807, 2.05) is 0 Å². The molecule has 0 spiro atoms. The third-order valence-corrected chi connectivity index (χ3v) is 5.94. The number of aryl methyl sites for hydroxylation is 1. The first-order chi connectivity index (χ1) is 14.6. The second-order valence-electron chi connectivity index (χ2n) is 7.13. The number of alkyl halides is 3. The highest BCUT2D eigenvalue weighted by Crippen LogP contribution is 2.30. The van der Waals surface area contributed by atoms with Gasteiger partial charge >= 0.3 is 17.3 Å². The van der Waals surface area contributed by atoms with Crippen molar-refractivity contribution in [3.8, 4) is 0 Å². The van der Waals surface area contributed by atoms with Crippen LogP contribution in [0.3, 0.4) is 0 Å². The summed E-state index contributed by atoms with van der Waals surface area (Å²) in [6.07, 6.45) is -2.18. The zero-order valence-corrected chi connectivity index (χ0v) is 17.5. The van der Waals surface area contributed by atoms with Gasteiger partial charge in [-0.15, -0.1) is 0 Å². The maximum Gasteiger partial charge on any atom is 0.419 e. The molecule has 1 saturated heterocycles. The molecule has 0 atom stereocenters. The Kier molecular flexibility index (Phi) is 5.42. The molecule has 0 bridgehead atoms. The molecule has 0 radical (unpaired) electrons. The first-order valence-electron chi connectivity index (χ1n) is 9.19. The number of anilines is 1. The van der Waals surface area contributed by atoms with Crippen LogP contribution in [0.25, 0.3) is 11.2 Å². The minimum absolute atomic E-state index is 0.0107. The summed E-state index contributed by atoms with van der Waals surface area (Å²) < 4.78 is 40.6. The fourth-order valence-corrected chi connectivity index (χ4v) is 3.90. The van der Waals surface area contributed by atoms with E-state index in [4.69, 9.17) is 23.2 Å². The lowest BCUT2D eigenvalue weighted by molar-refractivity contribution is -0.138. The molecule has 0 amide bonds. The van der Waals surface area contributed by atoms with E-state index in [2.05, 4.69) is 15.0 Å². The summed E-state index contributed by atoms with van der Waals surface area (Å²) in [4.78, 5) is 38.8. The van der Waals surface area contributed by atoms with E-state index < -0.39 is 22.9 Å². The highest BCUT2D eigenvalue weighted by molar-refractivity contribution is 6.41. The van der Waals surface area contributed by atoms with Crippen LogP contribution in [0.4, 0.5) is 19.1 Å². The van der Waals surface area contributed by atoms with E-state index in [-0.39, 0.29) is 27.8 Å². The normalized spacial score (nSPS) is 15.6. The minimum Gasteiger partial charge on any atom is -0.341 e. The molecule has 4 rings (SSSR count). The Morgan fingerprint density at radius 3 is 2.26 bits per heavy atom. The molecule has 0 unspecified atom stereocenters. The van der Waals surface area contributed by atoms with Crippen molar-refractivity contribution in [1.29, 1.82) is 0 Å². The van der Waals surface area contributed by atoms with Gasteiger partial charge in [-0.05, 0) is 18.9 Å². The summed E-state index contributed by atoms with van der Waals surface area (Å²) in [5.74, 6) is 0.167. The summed E-state index contributed by atoms with van der Waals surface area (Å²) in [6, 6.07) is 1.12. The van der Waals surface area contributed by atoms with Crippen molar-refractivity contribution in [3.63, 3.8) is 0 Å². The summed E-state index contributed by atoms with van der Waals surface area (Å²) in [5, 5.41) is 0.167. The third-order valence-electron chi connectivity index (χ3n) is 5.27. The maximum atomic E-state index is 12.8. The predicted molar refractivity (Wildman–Crippen MR) is 109 cm³/mol. The highest BCUT2D eigenvalue weighted by Gasteiger charge is 2.32. The number of pyridine rings is 1. The van der Waals surface area contributed by atoms with Crippen molar-refractivity contribution in [2.75, 3.05) is 18.0 Å². The topological polar surface area (TPSA) is 85.9 Å². The SMILES string of the molecule is Cn1c(=O)c(=O)n(C2CCN(c3ncc(C(F)(F)F)cn3)CC2)c2nc(Cl)c(Cl)cc21. The first kappa shape index (κ1) is 21.6. The molecule has 0 N–H and O–H groups in total. The Balaban J connectivity index is 1.64. The van der Waals surface area contributed by atoms with Crippen molar-refractivity contribution < 1.29 is 13.2 Å². The quantitative estimate of drug-likeness (QED) is 0.419. The van der Waals surface area contributed by atoms with Crippen molar-refractivity contribution >= 4 is 40.3 Å². The molecule has 0 aromatic carbocycles. The molecule has 3 aromatic rings. The van der Waals surface area contributed by atoms with Gasteiger partial charge in [-0.2, -0.15) is 13.2 Å². The van der Waals surface area contributed by atoms with Crippen molar-refractivity contribution in [1.82, 2.24) is 24.1 Å². The predicted octanol–water partition coefficient (Wildman–Crippen LogP) is 3.05. The van der Waals surface area contributed by atoms with Gasteiger partial charge in [-0.1, -0.05) is 23.2 Å². The average Bonchev–Trinajstić information content (AvgIpc) is 2.74. The van der Waals surface area contributed by atoms with Crippen LogP contribution in [0.1, 0.15) is 24.4 Å². The summed E-state index contributed by atoms with van der Waals surface area (Å²) >= 11 is 12.1. The van der Waals surface area contributed by atoms with Gasteiger partial charge < -0.3 is 9.47 Å². The fourth-order valence-electron chi connectivity index (χ4n) is 3.62. The van der Waals surface area contributed by atoms with Crippen molar-refractivity contribution in [2.45, 2.75) is 25.1 Å². The Bertz CT molecular complexity index is 1260. The van der Waals surface area contributed by atoms with Crippen LogP contribution in [0.2, 0.25) is 10.2 Å². The summed E-state index contributed by atoms with van der Waals surface area (Å²) in [6.45, 7) is 0.751. The van der Waals surface area contributed by atoms with E-state index in [0.717, 1.165) is 12.4 Å². The number of rotatable bonds is 2. The van der Waals surface area contributed by atoms with Crippen LogP contribution >= 0.6 is 23.2 Å². The van der Waals surface area contributed by atoms with Crippen LogP contribution in [0.15, 0.2) is 28.0 Å². The molecule has 164 valence electrons. The standard InChI is InChI=1S/C18H15Cl2F3N6O2/c1-27-12-6-11(19)13(20)26-14(12)29(16(31)15(27)30)10-2-4-28(5-3-10)17-24-7-9(8-25-17)18(21,22)23/h6-8,10H,2-5H2,1H3. The van der Waals surface area contributed by atoms with Crippen LogP contribution in [-0.2, 0) is 13.2 Å². The molecule has 0 aliphatic carbocycles. The Morgan fingerprint density at radius 2 is 1.68 bits per heavy atom. The van der Waals surface area contributed by atoms with Gasteiger partial charge in [0.15, 0.2) is 5.65 Å². The van der Waals surface area contributed by atoms with E-state index in [1.165, 1.54) is 22.2 Å². The average molecular weight is 475 g/mol. The van der Waals surface area contributed by atoms with Gasteiger partial charge in [0.2, 0.25) is 5.95 Å². The van der Waals surface area contributed by atoms with Crippen LogP contribution in [-0.4, -0.2) is 37.2 Å². The molecule has 1 aliphatic rings. The third kappa shape index (κ3) is 3.87. The molecule has 3 aromatic heterocycles. The smallest absolute Gasteiger partial charge is 0.341 e. The first-order valence-corrected chi connectivity index (χ1v) is 9.95. The molecule has 1 aliphatic heterocycles. The summed E-state index contributed by atoms with van der Waals surface area (Å²) in [7, 11) is 1.45. The monoisotopic (exact) mass is 474 g/mol.